The molecule has 0 N–H and O–H groups in total. The van der Waals surface area contributed by atoms with Gasteiger partial charge in [-0.05, 0) is 61.4 Å². The van der Waals surface area contributed by atoms with Crippen LogP contribution in [0.5, 0.6) is 0 Å². The van der Waals surface area contributed by atoms with Crippen molar-refractivity contribution in [2.24, 2.45) is 11.8 Å². The number of pyridine rings is 1. The second-order valence-corrected chi connectivity index (χ2v) is 6.85. The molecule has 2 fully saturated rings. The van der Waals surface area contributed by atoms with Crippen molar-refractivity contribution in [3.63, 3.8) is 0 Å². The highest BCUT2D eigenvalue weighted by Crippen LogP contribution is 2.52. The van der Waals surface area contributed by atoms with Crippen molar-refractivity contribution in [1.29, 1.82) is 0 Å². The van der Waals surface area contributed by atoms with Gasteiger partial charge in [0.2, 0.25) is 0 Å². The quantitative estimate of drug-likeness (QED) is 0.733. The summed E-state index contributed by atoms with van der Waals surface area (Å²) in [6.45, 7) is 0. The van der Waals surface area contributed by atoms with Crippen LogP contribution >= 0.6 is 9.24 Å². The van der Waals surface area contributed by atoms with Gasteiger partial charge in [0.1, 0.15) is 0 Å². The maximum Gasteiger partial charge on any atom is 0.0270 e. The second kappa shape index (κ2) is 5.92. The first-order chi connectivity index (χ1) is 9.38. The van der Waals surface area contributed by atoms with Crippen LogP contribution in [0.25, 0.3) is 0 Å². The summed E-state index contributed by atoms with van der Waals surface area (Å²) >= 11 is 0. The van der Waals surface area contributed by atoms with E-state index in [-0.39, 0.29) is 0 Å². The highest BCUT2D eigenvalue weighted by Gasteiger charge is 2.46. The highest BCUT2D eigenvalue weighted by atomic mass is 31.0. The lowest BCUT2D eigenvalue weighted by Gasteiger charge is -2.44. The van der Waals surface area contributed by atoms with Gasteiger partial charge >= 0.3 is 0 Å². The molecule has 3 rings (SSSR count). The van der Waals surface area contributed by atoms with Gasteiger partial charge in [-0.25, -0.2) is 0 Å². The molecule has 2 aliphatic rings. The Morgan fingerprint density at radius 1 is 0.947 bits per heavy atom. The molecule has 0 aromatic carbocycles. The SMILES string of the molecule is PCC(c1ccncc1)(C1CCCC1)C1CCCC1. The first-order valence-electron chi connectivity index (χ1n) is 7.98. The van der Waals surface area contributed by atoms with E-state index in [1.807, 2.05) is 12.4 Å². The van der Waals surface area contributed by atoms with Crippen molar-refractivity contribution < 1.29 is 0 Å². The Labute approximate surface area is 119 Å². The first kappa shape index (κ1) is 13.6. The minimum atomic E-state index is 0.417. The first-order valence-corrected chi connectivity index (χ1v) is 8.80. The molecule has 1 heterocycles. The molecule has 2 aliphatic carbocycles. The normalized spacial score (nSPS) is 22.2. The zero-order valence-corrected chi connectivity index (χ0v) is 13.0. The molecule has 0 bridgehead atoms. The Hall–Kier alpha value is -0.420. The number of aromatic nitrogens is 1. The molecule has 19 heavy (non-hydrogen) atoms. The second-order valence-electron chi connectivity index (χ2n) is 6.44. The fourth-order valence-corrected chi connectivity index (χ4v) is 5.70. The van der Waals surface area contributed by atoms with E-state index in [4.69, 9.17) is 0 Å². The summed E-state index contributed by atoms with van der Waals surface area (Å²) in [7, 11) is 3.09. The Morgan fingerprint density at radius 3 is 1.84 bits per heavy atom. The van der Waals surface area contributed by atoms with Crippen LogP contribution in [-0.2, 0) is 5.41 Å². The molecule has 1 atom stereocenters. The Kier molecular flexibility index (Phi) is 4.22. The van der Waals surface area contributed by atoms with Gasteiger partial charge < -0.3 is 0 Å². The summed E-state index contributed by atoms with van der Waals surface area (Å²) in [4.78, 5) is 4.24. The molecule has 1 aromatic rings. The van der Waals surface area contributed by atoms with Crippen LogP contribution in [0.15, 0.2) is 24.5 Å². The molecule has 0 spiro atoms. The van der Waals surface area contributed by atoms with Gasteiger partial charge in [0, 0.05) is 17.8 Å². The van der Waals surface area contributed by atoms with Gasteiger partial charge in [0.05, 0.1) is 0 Å². The highest BCUT2D eigenvalue weighted by molar-refractivity contribution is 7.16. The summed E-state index contributed by atoms with van der Waals surface area (Å²) in [5.74, 6) is 1.80. The molecule has 1 unspecified atom stereocenters. The third-order valence-corrected chi connectivity index (χ3v) is 6.40. The summed E-state index contributed by atoms with van der Waals surface area (Å²) in [6, 6.07) is 4.58. The van der Waals surface area contributed by atoms with E-state index in [2.05, 4.69) is 26.4 Å². The van der Waals surface area contributed by atoms with Crippen molar-refractivity contribution in [3.8, 4) is 0 Å². The fraction of sp³-hybridized carbons (Fsp3) is 0.706. The molecule has 2 saturated carbocycles. The van der Waals surface area contributed by atoms with Gasteiger partial charge in [-0.15, -0.1) is 9.24 Å². The summed E-state index contributed by atoms with van der Waals surface area (Å²) < 4.78 is 0. The maximum atomic E-state index is 4.24. The lowest BCUT2D eigenvalue weighted by molar-refractivity contribution is 0.197. The van der Waals surface area contributed by atoms with Gasteiger partial charge in [-0.1, -0.05) is 25.7 Å². The largest absolute Gasteiger partial charge is 0.265 e. The van der Waals surface area contributed by atoms with Crippen LogP contribution in [0.3, 0.4) is 0 Å². The van der Waals surface area contributed by atoms with Crippen LogP contribution in [-0.4, -0.2) is 11.1 Å². The third-order valence-electron chi connectivity index (χ3n) is 5.72. The topological polar surface area (TPSA) is 12.9 Å². The number of hydrogen-bond acceptors (Lipinski definition) is 1. The van der Waals surface area contributed by atoms with Crippen LogP contribution in [0, 0.1) is 11.8 Å². The summed E-state index contributed by atoms with van der Waals surface area (Å²) in [6.07, 6.45) is 16.7. The van der Waals surface area contributed by atoms with Crippen LogP contribution < -0.4 is 0 Å². The lowest BCUT2D eigenvalue weighted by atomic mass is 9.62. The van der Waals surface area contributed by atoms with Crippen LogP contribution in [0.1, 0.15) is 56.9 Å². The third kappa shape index (κ3) is 2.35. The van der Waals surface area contributed by atoms with E-state index in [1.165, 1.54) is 57.5 Å². The molecular weight excluding hydrogens is 249 g/mol. The van der Waals surface area contributed by atoms with E-state index in [0.717, 1.165) is 11.8 Å². The molecule has 104 valence electrons. The van der Waals surface area contributed by atoms with Crippen molar-refractivity contribution in [2.45, 2.75) is 56.8 Å². The molecule has 0 amide bonds. The predicted molar refractivity (Wildman–Crippen MR) is 84.4 cm³/mol. The van der Waals surface area contributed by atoms with Gasteiger partial charge in [-0.3, -0.25) is 4.98 Å². The zero-order valence-electron chi connectivity index (χ0n) is 11.9. The monoisotopic (exact) mass is 275 g/mol. The van der Waals surface area contributed by atoms with Gasteiger partial charge in [0.15, 0.2) is 0 Å². The standard InChI is InChI=1S/C17H26NP/c19-13-17(14-5-1-2-6-14,15-7-3-4-8-15)16-9-11-18-12-10-16/h9-12,14-15H,1-8,13,19H2. The average Bonchev–Trinajstić information content (AvgIpc) is 3.15. The van der Waals surface area contributed by atoms with E-state index < -0.39 is 0 Å². The Morgan fingerprint density at radius 2 is 1.42 bits per heavy atom. The van der Waals surface area contributed by atoms with E-state index in [0.29, 0.717) is 5.41 Å². The molecule has 0 aliphatic heterocycles. The van der Waals surface area contributed by atoms with Crippen LogP contribution in [0.2, 0.25) is 0 Å². The molecular formula is C17H26NP. The average molecular weight is 275 g/mol. The van der Waals surface area contributed by atoms with Gasteiger partial charge in [0.25, 0.3) is 0 Å². The molecule has 2 heteroatoms. The van der Waals surface area contributed by atoms with Crippen molar-refractivity contribution >= 4 is 9.24 Å². The van der Waals surface area contributed by atoms with E-state index >= 15 is 0 Å². The minimum Gasteiger partial charge on any atom is -0.265 e. The summed E-state index contributed by atoms with van der Waals surface area (Å²) in [5, 5.41) is 0. The smallest absolute Gasteiger partial charge is 0.0270 e. The molecule has 1 aromatic heterocycles. The number of nitrogens with zero attached hydrogens (tertiary/aromatic N) is 1. The van der Waals surface area contributed by atoms with Crippen molar-refractivity contribution in [3.05, 3.63) is 30.1 Å². The Bertz CT molecular complexity index is 375. The van der Waals surface area contributed by atoms with E-state index in [1.54, 1.807) is 5.56 Å². The number of rotatable bonds is 4. The fourth-order valence-electron chi connectivity index (χ4n) is 4.80. The molecule has 0 saturated heterocycles. The summed E-state index contributed by atoms with van der Waals surface area (Å²) in [5.41, 5.74) is 1.98. The zero-order chi connectivity index (χ0) is 13.1. The minimum absolute atomic E-state index is 0.417. The number of hydrogen-bond donors (Lipinski definition) is 0. The predicted octanol–water partition coefficient (Wildman–Crippen LogP) is 4.57. The van der Waals surface area contributed by atoms with Crippen LogP contribution in [0.4, 0.5) is 0 Å². The van der Waals surface area contributed by atoms with Crippen molar-refractivity contribution in [2.75, 3.05) is 6.16 Å². The molecule has 0 radical (unpaired) electrons. The molecule has 1 nitrogen and oxygen atoms in total. The lowest BCUT2D eigenvalue weighted by Crippen LogP contribution is -2.42. The maximum absolute atomic E-state index is 4.24. The van der Waals surface area contributed by atoms with Crippen molar-refractivity contribution in [1.82, 2.24) is 4.98 Å². The van der Waals surface area contributed by atoms with E-state index in [9.17, 15) is 0 Å². The Balaban J connectivity index is 2.01. The van der Waals surface area contributed by atoms with Gasteiger partial charge in [-0.2, -0.15) is 0 Å².